The molecule has 2 bridgehead atoms. The second-order valence-electron chi connectivity index (χ2n) is 10.2. The van der Waals surface area contributed by atoms with Gasteiger partial charge in [-0.3, -0.25) is 9.18 Å². The average molecular weight is 399 g/mol. The Kier molecular flexibility index (Phi) is 6.30. The van der Waals surface area contributed by atoms with E-state index in [1.54, 1.807) is 14.2 Å². The number of hydrogen-bond acceptors (Lipinski definition) is 4. The third kappa shape index (κ3) is 3.07. The van der Waals surface area contributed by atoms with Crippen LogP contribution in [0.4, 0.5) is 4.39 Å². The van der Waals surface area contributed by atoms with Crippen LogP contribution in [-0.2, 0) is 19.0 Å². The van der Waals surface area contributed by atoms with Gasteiger partial charge >= 0.3 is 0 Å². The minimum atomic E-state index is -0.700. The smallest absolute Gasteiger partial charge is 0.146 e. The maximum atomic E-state index is 13.8. The number of rotatable bonds is 6. The molecule has 0 saturated heterocycles. The second-order valence-corrected chi connectivity index (χ2v) is 10.2. The van der Waals surface area contributed by atoms with Gasteiger partial charge in [0.25, 0.3) is 0 Å². The fraction of sp³-hybridized carbons (Fsp3) is 0.957. The van der Waals surface area contributed by atoms with Crippen LogP contribution in [0.3, 0.4) is 0 Å². The number of hydrogen-bond donors (Lipinski definition) is 0. The molecule has 0 N–H and O–H groups in total. The fourth-order valence-electron chi connectivity index (χ4n) is 7.32. The lowest BCUT2D eigenvalue weighted by Gasteiger charge is -2.62. The molecule has 0 aromatic carbocycles. The van der Waals surface area contributed by atoms with E-state index in [-0.39, 0.29) is 53.9 Å². The van der Waals surface area contributed by atoms with Crippen LogP contribution in [0.15, 0.2) is 0 Å². The van der Waals surface area contributed by atoms with Crippen molar-refractivity contribution in [2.24, 2.45) is 34.0 Å². The van der Waals surface area contributed by atoms with E-state index in [4.69, 9.17) is 14.2 Å². The highest BCUT2D eigenvalue weighted by Gasteiger charge is 2.68. The molecule has 3 aliphatic carbocycles. The topological polar surface area (TPSA) is 44.8 Å². The van der Waals surface area contributed by atoms with Crippen LogP contribution in [0, 0.1) is 34.0 Å². The zero-order valence-electron chi connectivity index (χ0n) is 18.6. The first kappa shape index (κ1) is 22.2. The second kappa shape index (κ2) is 7.96. The number of carbonyl (C=O) groups is 1. The highest BCUT2D eigenvalue weighted by atomic mass is 19.1. The first-order chi connectivity index (χ1) is 13.2. The third-order valence-electron chi connectivity index (χ3n) is 9.18. The average Bonchev–Trinajstić information content (AvgIpc) is 3.07. The Bertz CT molecular complexity index is 583. The van der Waals surface area contributed by atoms with Crippen molar-refractivity contribution in [2.75, 3.05) is 27.7 Å². The van der Waals surface area contributed by atoms with Gasteiger partial charge in [-0.2, -0.15) is 0 Å². The van der Waals surface area contributed by atoms with Crippen LogP contribution in [0.2, 0.25) is 0 Å². The van der Waals surface area contributed by atoms with Gasteiger partial charge in [-0.05, 0) is 55.8 Å². The third-order valence-corrected chi connectivity index (χ3v) is 9.18. The quantitative estimate of drug-likeness (QED) is 0.603. The summed E-state index contributed by atoms with van der Waals surface area (Å²) in [6.07, 6.45) is 4.93. The Labute approximate surface area is 169 Å². The molecule has 8 atom stereocenters. The minimum Gasteiger partial charge on any atom is -0.381 e. The molecule has 3 rings (SSSR count). The van der Waals surface area contributed by atoms with Crippen molar-refractivity contribution in [1.82, 2.24) is 0 Å². The molecule has 28 heavy (non-hydrogen) atoms. The van der Waals surface area contributed by atoms with Gasteiger partial charge in [0.15, 0.2) is 0 Å². The molecule has 162 valence electrons. The highest BCUT2D eigenvalue weighted by molar-refractivity contribution is 5.87. The minimum absolute atomic E-state index is 0.0777. The number of methoxy groups -OCH3 is 2. The Morgan fingerprint density at radius 2 is 1.82 bits per heavy atom. The molecular weight excluding hydrogens is 359 g/mol. The van der Waals surface area contributed by atoms with Crippen molar-refractivity contribution in [1.29, 1.82) is 0 Å². The van der Waals surface area contributed by atoms with Crippen LogP contribution in [0.1, 0.15) is 66.2 Å². The number of ether oxygens (including phenoxy) is 3. The lowest BCUT2D eigenvalue weighted by molar-refractivity contribution is -0.220. The zero-order valence-corrected chi connectivity index (χ0v) is 18.6. The number of ketones is 1. The van der Waals surface area contributed by atoms with Gasteiger partial charge < -0.3 is 14.2 Å². The summed E-state index contributed by atoms with van der Waals surface area (Å²) < 4.78 is 31.1. The number of Topliss-reactive ketones (excluding diaryl/α,β-unsaturated/α-hetero) is 1. The van der Waals surface area contributed by atoms with Gasteiger partial charge in [-0.1, -0.05) is 27.7 Å². The van der Waals surface area contributed by atoms with Crippen molar-refractivity contribution in [2.45, 2.75) is 78.4 Å². The van der Waals surface area contributed by atoms with Crippen LogP contribution >= 0.6 is 0 Å². The molecule has 5 heteroatoms. The zero-order chi connectivity index (χ0) is 20.7. The Balaban J connectivity index is 2.17. The van der Waals surface area contributed by atoms with Crippen molar-refractivity contribution in [3.8, 4) is 0 Å². The molecule has 0 heterocycles. The van der Waals surface area contributed by atoms with E-state index in [1.165, 1.54) is 0 Å². The van der Waals surface area contributed by atoms with E-state index >= 15 is 0 Å². The maximum absolute atomic E-state index is 13.8. The van der Waals surface area contributed by atoms with Gasteiger partial charge in [0.2, 0.25) is 0 Å². The fourth-order valence-corrected chi connectivity index (χ4v) is 7.32. The molecule has 0 amide bonds. The molecule has 0 aromatic rings. The molecule has 4 nitrogen and oxygen atoms in total. The van der Waals surface area contributed by atoms with Crippen LogP contribution in [-0.4, -0.2) is 45.7 Å². The molecule has 0 aromatic heterocycles. The highest BCUT2D eigenvalue weighted by Crippen LogP contribution is 2.68. The molecule has 0 radical (unpaired) electrons. The Hall–Kier alpha value is -0.520. The normalized spacial score (nSPS) is 48.8. The van der Waals surface area contributed by atoms with E-state index in [0.717, 1.165) is 25.7 Å². The van der Waals surface area contributed by atoms with Gasteiger partial charge in [0, 0.05) is 31.0 Å². The molecule has 0 spiro atoms. The summed E-state index contributed by atoms with van der Waals surface area (Å²) in [5.74, 6) is 0.849. The summed E-state index contributed by atoms with van der Waals surface area (Å²) >= 11 is 0. The number of alkyl halides is 1. The standard InChI is InChI=1S/C23H39FO4/c1-15-7-9-23-10-8-17(27-6)19(23)22(15,4)18(28-14-26-5)13-21(3,11-12-24)20(25)16(23)2/h15-19H,7-14H2,1-6H3/t15-,16+,17-,18-,19?,21-,22+,23?/m1/s1. The molecular formula is C23H39FO4. The first-order valence-electron chi connectivity index (χ1n) is 10.9. The van der Waals surface area contributed by atoms with Gasteiger partial charge in [-0.25, -0.2) is 0 Å². The van der Waals surface area contributed by atoms with Crippen molar-refractivity contribution in [3.63, 3.8) is 0 Å². The van der Waals surface area contributed by atoms with Gasteiger partial charge in [0.05, 0.1) is 18.9 Å². The van der Waals surface area contributed by atoms with Gasteiger partial charge in [0.1, 0.15) is 12.6 Å². The molecule has 3 fully saturated rings. The van der Waals surface area contributed by atoms with E-state index in [2.05, 4.69) is 20.8 Å². The summed E-state index contributed by atoms with van der Waals surface area (Å²) in [5.41, 5.74) is -0.916. The Morgan fingerprint density at radius 1 is 1.14 bits per heavy atom. The van der Waals surface area contributed by atoms with Gasteiger partial charge in [-0.15, -0.1) is 0 Å². The Morgan fingerprint density at radius 3 is 2.43 bits per heavy atom. The lowest BCUT2D eigenvalue weighted by Crippen LogP contribution is -2.63. The molecule has 3 saturated carbocycles. The molecule has 2 unspecified atom stereocenters. The van der Waals surface area contributed by atoms with Crippen molar-refractivity contribution < 1.29 is 23.4 Å². The van der Waals surface area contributed by atoms with Crippen molar-refractivity contribution >= 4 is 5.78 Å². The van der Waals surface area contributed by atoms with Crippen LogP contribution < -0.4 is 0 Å². The molecule has 0 aliphatic heterocycles. The predicted molar refractivity (Wildman–Crippen MR) is 107 cm³/mol. The van der Waals surface area contributed by atoms with E-state index in [1.807, 2.05) is 6.92 Å². The first-order valence-corrected chi connectivity index (χ1v) is 10.9. The maximum Gasteiger partial charge on any atom is 0.146 e. The van der Waals surface area contributed by atoms with E-state index < -0.39 is 12.1 Å². The monoisotopic (exact) mass is 398 g/mol. The van der Waals surface area contributed by atoms with Crippen LogP contribution in [0.25, 0.3) is 0 Å². The summed E-state index contributed by atoms with van der Waals surface area (Å²) in [6.45, 7) is 8.44. The summed E-state index contributed by atoms with van der Waals surface area (Å²) in [7, 11) is 3.43. The molecule has 3 aliphatic rings. The number of halogens is 1. The van der Waals surface area contributed by atoms with E-state index in [9.17, 15) is 9.18 Å². The SMILES string of the molecule is COCO[C@@H]1C[C@@](C)(CCF)C(=O)[C@H](C)C23CC[C@@H](C)[C@]1(C)C2[C@H](OC)CC3. The largest absolute Gasteiger partial charge is 0.381 e. The lowest BCUT2D eigenvalue weighted by atomic mass is 9.44. The number of carbonyl (C=O) groups excluding carboxylic acids is 1. The summed E-state index contributed by atoms with van der Waals surface area (Å²) in [5, 5.41) is 0. The summed E-state index contributed by atoms with van der Waals surface area (Å²) in [4.78, 5) is 13.8. The summed E-state index contributed by atoms with van der Waals surface area (Å²) in [6, 6.07) is 0. The van der Waals surface area contributed by atoms with E-state index in [0.29, 0.717) is 12.3 Å². The predicted octanol–water partition coefficient (Wildman–Crippen LogP) is 4.80. The van der Waals surface area contributed by atoms with Crippen molar-refractivity contribution in [3.05, 3.63) is 0 Å². The van der Waals surface area contributed by atoms with Crippen LogP contribution in [0.5, 0.6) is 0 Å².